The van der Waals surface area contributed by atoms with Gasteiger partial charge >= 0.3 is 0 Å². The van der Waals surface area contributed by atoms with Crippen LogP contribution in [0.4, 0.5) is 5.82 Å². The second-order valence-corrected chi connectivity index (χ2v) is 4.70. The molecule has 4 aromatic rings. The molecule has 0 aliphatic rings. The number of aromatic nitrogens is 6. The predicted molar refractivity (Wildman–Crippen MR) is 82.1 cm³/mol. The van der Waals surface area contributed by atoms with Crippen molar-refractivity contribution in [2.75, 3.05) is 5.73 Å². The monoisotopic (exact) mass is 289 g/mol. The molecule has 0 aliphatic carbocycles. The van der Waals surface area contributed by atoms with Gasteiger partial charge in [0.1, 0.15) is 12.1 Å². The maximum Gasteiger partial charge on any atom is 0.178 e. The van der Waals surface area contributed by atoms with Crippen molar-refractivity contribution in [3.05, 3.63) is 55.0 Å². The normalized spacial score (nSPS) is 10.9. The Kier molecular flexibility index (Phi) is 2.75. The zero-order valence-electron chi connectivity index (χ0n) is 11.5. The molecule has 0 spiro atoms. The van der Waals surface area contributed by atoms with Crippen LogP contribution in [0.5, 0.6) is 0 Å². The van der Waals surface area contributed by atoms with E-state index in [-0.39, 0.29) is 0 Å². The van der Waals surface area contributed by atoms with E-state index in [1.165, 1.54) is 6.33 Å². The van der Waals surface area contributed by atoms with Crippen molar-refractivity contribution in [3.63, 3.8) is 0 Å². The lowest BCUT2D eigenvalue weighted by Crippen LogP contribution is -2.03. The summed E-state index contributed by atoms with van der Waals surface area (Å²) in [6.45, 7) is 0. The average molecular weight is 289 g/mol. The number of nitrogens with zero attached hydrogens (tertiary/aromatic N) is 6. The molecule has 22 heavy (non-hydrogen) atoms. The molecule has 0 radical (unpaired) electrons. The van der Waals surface area contributed by atoms with Gasteiger partial charge in [-0.05, 0) is 12.1 Å². The van der Waals surface area contributed by atoms with Crippen LogP contribution < -0.4 is 5.73 Å². The first-order chi connectivity index (χ1) is 10.8. The summed E-state index contributed by atoms with van der Waals surface area (Å²) in [4.78, 5) is 8.15. The highest BCUT2D eigenvalue weighted by Gasteiger charge is 2.10. The molecule has 0 fully saturated rings. The number of rotatable bonds is 2. The maximum absolute atomic E-state index is 5.81. The summed E-state index contributed by atoms with van der Waals surface area (Å²) < 4.78 is 1.59. The van der Waals surface area contributed by atoms with E-state index in [0.717, 1.165) is 11.3 Å². The van der Waals surface area contributed by atoms with E-state index in [9.17, 15) is 0 Å². The standard InChI is InChI=1S/C15H11N7/c16-14-11-8-19-22(15(11)18-9-17-14)13-7-6-12(20-21-13)10-4-2-1-3-5-10/h1-9H,(H2,16,17,18). The van der Waals surface area contributed by atoms with Gasteiger partial charge in [-0.3, -0.25) is 0 Å². The van der Waals surface area contributed by atoms with E-state index in [4.69, 9.17) is 5.73 Å². The Morgan fingerprint density at radius 2 is 1.77 bits per heavy atom. The lowest BCUT2D eigenvalue weighted by atomic mass is 10.1. The molecule has 7 nitrogen and oxygen atoms in total. The van der Waals surface area contributed by atoms with Crippen LogP contribution in [0.25, 0.3) is 28.1 Å². The number of nitrogen functional groups attached to an aromatic ring is 1. The van der Waals surface area contributed by atoms with E-state index >= 15 is 0 Å². The molecule has 4 rings (SSSR count). The molecule has 0 amide bonds. The molecule has 0 unspecified atom stereocenters. The third kappa shape index (κ3) is 1.96. The molecule has 0 atom stereocenters. The Morgan fingerprint density at radius 3 is 2.55 bits per heavy atom. The minimum atomic E-state index is 0.394. The van der Waals surface area contributed by atoms with Crippen molar-refractivity contribution in [3.8, 4) is 17.1 Å². The van der Waals surface area contributed by atoms with Gasteiger partial charge in [-0.2, -0.15) is 9.78 Å². The van der Waals surface area contributed by atoms with Gasteiger partial charge in [0.2, 0.25) is 0 Å². The molecule has 3 aromatic heterocycles. The van der Waals surface area contributed by atoms with Gasteiger partial charge < -0.3 is 5.73 Å². The number of anilines is 1. The van der Waals surface area contributed by atoms with E-state index in [1.54, 1.807) is 10.9 Å². The number of nitrogens with two attached hydrogens (primary N) is 1. The third-order valence-corrected chi connectivity index (χ3v) is 3.33. The quantitative estimate of drug-likeness (QED) is 0.605. The highest BCUT2D eigenvalue weighted by Crippen LogP contribution is 2.20. The highest BCUT2D eigenvalue weighted by atomic mass is 15.4. The fourth-order valence-electron chi connectivity index (χ4n) is 2.23. The number of hydrogen-bond acceptors (Lipinski definition) is 6. The van der Waals surface area contributed by atoms with Crippen molar-refractivity contribution in [2.45, 2.75) is 0 Å². The van der Waals surface area contributed by atoms with Crippen LogP contribution in [0.3, 0.4) is 0 Å². The number of hydrogen-bond donors (Lipinski definition) is 1. The van der Waals surface area contributed by atoms with Gasteiger partial charge in [-0.1, -0.05) is 30.3 Å². The fraction of sp³-hybridized carbons (Fsp3) is 0. The Morgan fingerprint density at radius 1 is 0.909 bits per heavy atom. The topological polar surface area (TPSA) is 95.4 Å². The summed E-state index contributed by atoms with van der Waals surface area (Å²) in [5.41, 5.74) is 8.23. The molecule has 7 heteroatoms. The molecule has 0 aliphatic heterocycles. The van der Waals surface area contributed by atoms with Crippen molar-refractivity contribution < 1.29 is 0 Å². The van der Waals surface area contributed by atoms with Gasteiger partial charge in [0, 0.05) is 5.56 Å². The molecule has 2 N–H and O–H groups in total. The van der Waals surface area contributed by atoms with Gasteiger partial charge in [0.05, 0.1) is 17.3 Å². The van der Waals surface area contributed by atoms with Crippen molar-refractivity contribution in [2.24, 2.45) is 0 Å². The molecule has 0 bridgehead atoms. The summed E-state index contributed by atoms with van der Waals surface area (Å²) in [6.07, 6.45) is 3.03. The second kappa shape index (κ2) is 4.88. The van der Waals surface area contributed by atoms with Crippen LogP contribution >= 0.6 is 0 Å². The largest absolute Gasteiger partial charge is 0.383 e. The van der Waals surface area contributed by atoms with Gasteiger partial charge in [-0.15, -0.1) is 10.2 Å². The molecular weight excluding hydrogens is 278 g/mol. The summed E-state index contributed by atoms with van der Waals surface area (Å²) >= 11 is 0. The minimum absolute atomic E-state index is 0.394. The van der Waals surface area contributed by atoms with Crippen LogP contribution in [-0.2, 0) is 0 Å². The lowest BCUT2D eigenvalue weighted by Gasteiger charge is -2.03. The molecule has 1 aromatic carbocycles. The summed E-state index contributed by atoms with van der Waals surface area (Å²) in [5, 5.41) is 13.4. The van der Waals surface area contributed by atoms with E-state index in [2.05, 4.69) is 25.3 Å². The third-order valence-electron chi connectivity index (χ3n) is 3.33. The van der Waals surface area contributed by atoms with Crippen LogP contribution in [0, 0.1) is 0 Å². The first-order valence-corrected chi connectivity index (χ1v) is 6.66. The van der Waals surface area contributed by atoms with E-state index in [1.807, 2.05) is 42.5 Å². The summed E-state index contributed by atoms with van der Waals surface area (Å²) in [7, 11) is 0. The first kappa shape index (κ1) is 12.4. The average Bonchev–Trinajstić information content (AvgIpc) is 3.01. The van der Waals surface area contributed by atoms with Crippen molar-refractivity contribution >= 4 is 16.9 Å². The Balaban J connectivity index is 1.78. The number of benzene rings is 1. The van der Waals surface area contributed by atoms with Crippen molar-refractivity contribution in [1.29, 1.82) is 0 Å². The van der Waals surface area contributed by atoms with Crippen LogP contribution in [0.2, 0.25) is 0 Å². The summed E-state index contributed by atoms with van der Waals surface area (Å²) in [6, 6.07) is 13.6. The van der Waals surface area contributed by atoms with E-state index in [0.29, 0.717) is 22.7 Å². The van der Waals surface area contributed by atoms with Gasteiger partial charge in [0.15, 0.2) is 11.5 Å². The Labute approximate surface area is 125 Å². The maximum atomic E-state index is 5.81. The molecule has 0 saturated heterocycles. The fourth-order valence-corrected chi connectivity index (χ4v) is 2.23. The number of fused-ring (bicyclic) bond motifs is 1. The van der Waals surface area contributed by atoms with Gasteiger partial charge in [-0.25, -0.2) is 9.97 Å². The highest BCUT2D eigenvalue weighted by molar-refractivity contribution is 5.85. The Bertz CT molecular complexity index is 929. The zero-order valence-corrected chi connectivity index (χ0v) is 11.5. The van der Waals surface area contributed by atoms with Crippen LogP contribution in [0.15, 0.2) is 55.0 Å². The SMILES string of the molecule is Nc1ncnc2c1cnn2-c1ccc(-c2ccccc2)nn1. The second-order valence-electron chi connectivity index (χ2n) is 4.70. The van der Waals surface area contributed by atoms with E-state index < -0.39 is 0 Å². The lowest BCUT2D eigenvalue weighted by molar-refractivity contribution is 0.829. The molecule has 3 heterocycles. The van der Waals surface area contributed by atoms with Gasteiger partial charge in [0.25, 0.3) is 0 Å². The Hall–Kier alpha value is -3.35. The van der Waals surface area contributed by atoms with Crippen LogP contribution in [-0.4, -0.2) is 29.9 Å². The summed E-state index contributed by atoms with van der Waals surface area (Å²) in [5.74, 6) is 0.970. The molecule has 0 saturated carbocycles. The first-order valence-electron chi connectivity index (χ1n) is 6.66. The zero-order chi connectivity index (χ0) is 14.9. The minimum Gasteiger partial charge on any atom is -0.383 e. The van der Waals surface area contributed by atoms with Crippen molar-refractivity contribution in [1.82, 2.24) is 29.9 Å². The molecular formula is C15H11N7. The smallest absolute Gasteiger partial charge is 0.178 e. The molecule has 106 valence electrons. The predicted octanol–water partition coefficient (Wildman–Crippen LogP) is 1.85. The van der Waals surface area contributed by atoms with Crippen LogP contribution in [0.1, 0.15) is 0 Å².